The summed E-state index contributed by atoms with van der Waals surface area (Å²) < 4.78 is 5.34. The number of β-lactam (4-membered cyclic amide) rings is 1. The second-order valence-electron chi connectivity index (χ2n) is 5.36. The Balaban J connectivity index is 2.02. The van der Waals surface area contributed by atoms with E-state index in [1.807, 2.05) is 24.3 Å². The Morgan fingerprint density at radius 2 is 2.05 bits per heavy atom. The molecule has 1 aromatic carbocycles. The van der Waals surface area contributed by atoms with Crippen LogP contribution in [0.15, 0.2) is 24.3 Å². The van der Waals surface area contributed by atoms with E-state index in [4.69, 9.17) is 9.57 Å². The molecule has 1 heterocycles. The highest BCUT2D eigenvalue weighted by molar-refractivity contribution is 5.80. The molecule has 1 aliphatic heterocycles. The molecule has 1 amide bonds. The molecule has 0 saturated carbocycles. The number of hydrogen-bond acceptors (Lipinski definition) is 4. The summed E-state index contributed by atoms with van der Waals surface area (Å²) in [6, 6.07) is 8.12. The van der Waals surface area contributed by atoms with Crippen LogP contribution < -0.4 is 4.84 Å². The average molecular weight is 292 g/mol. The van der Waals surface area contributed by atoms with Crippen molar-refractivity contribution in [3.8, 4) is 5.75 Å². The predicted octanol–water partition coefficient (Wildman–Crippen LogP) is 2.24. The first-order valence-electron chi connectivity index (χ1n) is 7.43. The van der Waals surface area contributed by atoms with Gasteiger partial charge in [-0.1, -0.05) is 19.1 Å². The lowest BCUT2D eigenvalue weighted by Crippen LogP contribution is -2.45. The van der Waals surface area contributed by atoms with Gasteiger partial charge in [0.2, 0.25) is 0 Å². The average Bonchev–Trinajstić information content (AvgIpc) is 2.49. The second-order valence-corrected chi connectivity index (χ2v) is 5.36. The van der Waals surface area contributed by atoms with Crippen LogP contribution in [0.1, 0.15) is 31.4 Å². The molecular formula is C16H24N2O3. The summed E-state index contributed by atoms with van der Waals surface area (Å²) in [5.41, 5.74) is 1.19. The van der Waals surface area contributed by atoms with Crippen molar-refractivity contribution >= 4 is 5.91 Å². The topological polar surface area (TPSA) is 42.0 Å². The van der Waals surface area contributed by atoms with Crippen LogP contribution in [0.25, 0.3) is 0 Å². The number of benzene rings is 1. The zero-order valence-corrected chi connectivity index (χ0v) is 13.0. The number of ether oxygens (including phenoxy) is 1. The maximum absolute atomic E-state index is 11.2. The standard InChI is InChI=1S/C16H24N2O3/c1-4-10-17(2)15(12-20-3)13-5-7-14(8-6-13)21-18-11-9-16(18)19/h5-8,15H,4,9-12H2,1-3H3. The molecule has 0 bridgehead atoms. The monoisotopic (exact) mass is 292 g/mol. The highest BCUT2D eigenvalue weighted by Gasteiger charge is 2.26. The number of rotatable bonds is 8. The zero-order chi connectivity index (χ0) is 15.2. The van der Waals surface area contributed by atoms with Crippen molar-refractivity contribution in [2.75, 3.05) is 33.9 Å². The summed E-state index contributed by atoms with van der Waals surface area (Å²) >= 11 is 0. The van der Waals surface area contributed by atoms with E-state index in [0.29, 0.717) is 25.3 Å². The van der Waals surface area contributed by atoms with Crippen LogP contribution in [0.5, 0.6) is 5.75 Å². The van der Waals surface area contributed by atoms with E-state index in [2.05, 4.69) is 18.9 Å². The second kappa shape index (κ2) is 7.43. The summed E-state index contributed by atoms with van der Waals surface area (Å²) in [5.74, 6) is 0.736. The maximum atomic E-state index is 11.2. The lowest BCUT2D eigenvalue weighted by atomic mass is 10.1. The van der Waals surface area contributed by atoms with E-state index in [0.717, 1.165) is 13.0 Å². The number of likely N-dealkylation sites (N-methyl/N-ethyl adjacent to an activating group) is 1. The minimum absolute atomic E-state index is 0.0408. The lowest BCUT2D eigenvalue weighted by Gasteiger charge is -2.30. The van der Waals surface area contributed by atoms with E-state index in [-0.39, 0.29) is 11.9 Å². The van der Waals surface area contributed by atoms with Crippen molar-refractivity contribution in [2.24, 2.45) is 0 Å². The van der Waals surface area contributed by atoms with Gasteiger partial charge < -0.3 is 9.57 Å². The van der Waals surface area contributed by atoms with Crippen LogP contribution >= 0.6 is 0 Å². The van der Waals surface area contributed by atoms with Gasteiger partial charge in [0.1, 0.15) is 0 Å². The molecule has 1 saturated heterocycles. The maximum Gasteiger partial charge on any atom is 0.257 e. The highest BCUT2D eigenvalue weighted by atomic mass is 16.7. The number of carbonyl (C=O) groups excluding carboxylic acids is 1. The van der Waals surface area contributed by atoms with Crippen LogP contribution in [-0.2, 0) is 9.53 Å². The van der Waals surface area contributed by atoms with Crippen molar-refractivity contribution in [3.05, 3.63) is 29.8 Å². The molecule has 1 fully saturated rings. The highest BCUT2D eigenvalue weighted by Crippen LogP contribution is 2.24. The quantitative estimate of drug-likeness (QED) is 0.689. The van der Waals surface area contributed by atoms with Gasteiger partial charge in [0.15, 0.2) is 5.75 Å². The fraction of sp³-hybridized carbons (Fsp3) is 0.562. The van der Waals surface area contributed by atoms with E-state index in [9.17, 15) is 4.79 Å². The van der Waals surface area contributed by atoms with Crippen molar-refractivity contribution in [1.29, 1.82) is 0 Å². The molecule has 1 aliphatic rings. The Hall–Kier alpha value is -1.59. The van der Waals surface area contributed by atoms with Gasteiger partial charge in [-0.25, -0.2) is 0 Å². The molecular weight excluding hydrogens is 268 g/mol. The number of amides is 1. The third kappa shape index (κ3) is 3.95. The van der Waals surface area contributed by atoms with Crippen molar-refractivity contribution in [2.45, 2.75) is 25.8 Å². The Labute approximate surface area is 126 Å². The normalized spacial score (nSPS) is 16.0. The van der Waals surface area contributed by atoms with E-state index < -0.39 is 0 Å². The fourth-order valence-corrected chi connectivity index (χ4v) is 2.41. The summed E-state index contributed by atoms with van der Waals surface area (Å²) in [7, 11) is 3.83. The Bertz CT molecular complexity index is 461. The molecule has 0 aliphatic carbocycles. The van der Waals surface area contributed by atoms with Crippen LogP contribution in [0, 0.1) is 0 Å². The van der Waals surface area contributed by atoms with Gasteiger partial charge in [0.25, 0.3) is 5.91 Å². The van der Waals surface area contributed by atoms with Gasteiger partial charge in [0.05, 0.1) is 25.6 Å². The van der Waals surface area contributed by atoms with Crippen LogP contribution in [0.2, 0.25) is 0 Å². The molecule has 0 N–H and O–H groups in total. The first kappa shape index (κ1) is 15.8. The van der Waals surface area contributed by atoms with Gasteiger partial charge in [-0.05, 0) is 37.7 Å². The van der Waals surface area contributed by atoms with Crippen molar-refractivity contribution < 1.29 is 14.4 Å². The summed E-state index contributed by atoms with van der Waals surface area (Å²) in [6.07, 6.45) is 1.69. The van der Waals surface area contributed by atoms with Gasteiger partial charge >= 0.3 is 0 Å². The minimum Gasteiger partial charge on any atom is -0.383 e. The van der Waals surface area contributed by atoms with Gasteiger partial charge in [-0.2, -0.15) is 5.06 Å². The molecule has 1 atom stereocenters. The van der Waals surface area contributed by atoms with Crippen LogP contribution in [0.3, 0.4) is 0 Å². The third-order valence-electron chi connectivity index (χ3n) is 3.72. The molecule has 5 heteroatoms. The van der Waals surface area contributed by atoms with E-state index in [1.165, 1.54) is 10.6 Å². The number of nitrogens with zero attached hydrogens (tertiary/aromatic N) is 2. The number of hydrogen-bond donors (Lipinski definition) is 0. The lowest BCUT2D eigenvalue weighted by molar-refractivity contribution is -0.174. The minimum atomic E-state index is 0.0408. The van der Waals surface area contributed by atoms with Gasteiger partial charge in [0, 0.05) is 7.11 Å². The molecule has 2 rings (SSSR count). The first-order valence-corrected chi connectivity index (χ1v) is 7.43. The Morgan fingerprint density at radius 3 is 2.52 bits per heavy atom. The zero-order valence-electron chi connectivity index (χ0n) is 13.0. The SMILES string of the molecule is CCCN(C)C(COC)c1ccc(ON2CCC2=O)cc1. The molecule has 1 unspecified atom stereocenters. The number of methoxy groups -OCH3 is 1. The largest absolute Gasteiger partial charge is 0.383 e. The van der Waals surface area contributed by atoms with Gasteiger partial charge in [-0.15, -0.1) is 0 Å². The van der Waals surface area contributed by atoms with Crippen LogP contribution in [-0.4, -0.2) is 49.7 Å². The molecule has 5 nitrogen and oxygen atoms in total. The van der Waals surface area contributed by atoms with Crippen molar-refractivity contribution in [1.82, 2.24) is 9.96 Å². The van der Waals surface area contributed by atoms with Crippen molar-refractivity contribution in [3.63, 3.8) is 0 Å². The van der Waals surface area contributed by atoms with Crippen LogP contribution in [0.4, 0.5) is 0 Å². The molecule has 0 aromatic heterocycles. The third-order valence-corrected chi connectivity index (χ3v) is 3.72. The summed E-state index contributed by atoms with van der Waals surface area (Å²) in [4.78, 5) is 19.0. The fourth-order valence-electron chi connectivity index (χ4n) is 2.41. The molecule has 0 spiro atoms. The number of hydroxylamine groups is 2. The molecule has 0 radical (unpaired) electrons. The Morgan fingerprint density at radius 1 is 1.33 bits per heavy atom. The summed E-state index contributed by atoms with van der Waals surface area (Å²) in [5, 5.41) is 1.39. The van der Waals surface area contributed by atoms with Gasteiger partial charge in [-0.3, -0.25) is 9.69 Å². The first-order chi connectivity index (χ1) is 10.2. The van der Waals surface area contributed by atoms with E-state index >= 15 is 0 Å². The Kier molecular flexibility index (Phi) is 5.59. The molecule has 21 heavy (non-hydrogen) atoms. The molecule has 1 aromatic rings. The smallest absolute Gasteiger partial charge is 0.257 e. The summed E-state index contributed by atoms with van der Waals surface area (Å²) in [6.45, 7) is 4.52. The predicted molar refractivity (Wildman–Crippen MR) is 80.9 cm³/mol. The van der Waals surface area contributed by atoms with E-state index in [1.54, 1.807) is 7.11 Å². The molecule has 116 valence electrons. The number of carbonyl (C=O) groups is 1.